The Morgan fingerprint density at radius 2 is 1.08 bits per heavy atom. The highest BCUT2D eigenvalue weighted by Gasteiger charge is 2.15. The van der Waals surface area contributed by atoms with Crippen LogP contribution in [0.5, 0.6) is 0 Å². The van der Waals surface area contributed by atoms with Crippen LogP contribution >= 0.6 is 31.9 Å². The van der Waals surface area contributed by atoms with E-state index in [9.17, 15) is 0 Å². The number of hydrogen-bond donors (Lipinski definition) is 2. The SMILES string of the molecule is CCCc1c(Cc2ccc(N)c(CBr)c2CCC)ccc(N)c1CBr. The van der Waals surface area contributed by atoms with Gasteiger partial charge in [0.15, 0.2) is 0 Å². The first-order valence-corrected chi connectivity index (χ1v) is 11.2. The monoisotopic (exact) mass is 466 g/mol. The van der Waals surface area contributed by atoms with Gasteiger partial charge >= 0.3 is 0 Å². The number of nitrogens with two attached hydrogens (primary N) is 2. The molecule has 0 atom stereocenters. The third-order valence-corrected chi connectivity index (χ3v) is 5.90. The molecule has 0 aromatic heterocycles. The Morgan fingerprint density at radius 3 is 1.40 bits per heavy atom. The second-order valence-corrected chi connectivity index (χ2v) is 7.61. The molecule has 0 heterocycles. The van der Waals surface area contributed by atoms with E-state index in [-0.39, 0.29) is 0 Å². The maximum Gasteiger partial charge on any atom is 0.0358 e. The summed E-state index contributed by atoms with van der Waals surface area (Å²) in [6.45, 7) is 4.44. The summed E-state index contributed by atoms with van der Waals surface area (Å²) in [6, 6.07) is 8.50. The lowest BCUT2D eigenvalue weighted by Crippen LogP contribution is -2.07. The van der Waals surface area contributed by atoms with Gasteiger partial charge in [-0.3, -0.25) is 0 Å². The molecular weight excluding hydrogens is 440 g/mol. The van der Waals surface area contributed by atoms with Gasteiger partial charge in [0, 0.05) is 22.0 Å². The van der Waals surface area contributed by atoms with Crippen LogP contribution in [0.3, 0.4) is 0 Å². The van der Waals surface area contributed by atoms with E-state index in [0.717, 1.165) is 54.1 Å². The first-order chi connectivity index (χ1) is 12.1. The van der Waals surface area contributed by atoms with E-state index in [1.165, 1.54) is 33.4 Å². The highest BCUT2D eigenvalue weighted by atomic mass is 79.9. The molecule has 0 bridgehead atoms. The Morgan fingerprint density at radius 1 is 0.680 bits per heavy atom. The molecule has 0 amide bonds. The van der Waals surface area contributed by atoms with E-state index < -0.39 is 0 Å². The molecule has 0 aliphatic carbocycles. The summed E-state index contributed by atoms with van der Waals surface area (Å²) in [5, 5.41) is 1.61. The van der Waals surface area contributed by atoms with Crippen molar-refractivity contribution < 1.29 is 0 Å². The van der Waals surface area contributed by atoms with Crippen LogP contribution in [0.25, 0.3) is 0 Å². The average molecular weight is 468 g/mol. The Labute approximate surface area is 168 Å². The Hall–Kier alpha value is -1.00. The Kier molecular flexibility index (Phi) is 7.82. The molecule has 4 heteroatoms. The standard InChI is InChI=1S/C21H28Br2N2/c1-3-5-16-14(7-9-20(24)18(16)12-22)11-15-8-10-21(25)19(13-23)17(15)6-4-2/h7-10H,3-6,11-13,24-25H2,1-2H3. The minimum atomic E-state index is 0.804. The molecule has 0 saturated carbocycles. The van der Waals surface area contributed by atoms with Crippen molar-refractivity contribution in [3.05, 3.63) is 57.6 Å². The van der Waals surface area contributed by atoms with Crippen LogP contribution in [-0.4, -0.2) is 0 Å². The van der Waals surface area contributed by atoms with E-state index in [2.05, 4.69) is 57.8 Å². The second kappa shape index (κ2) is 9.63. The Bertz CT molecular complexity index is 665. The van der Waals surface area contributed by atoms with Crippen molar-refractivity contribution in [3.8, 4) is 0 Å². The van der Waals surface area contributed by atoms with Gasteiger partial charge in [-0.05, 0) is 64.8 Å². The summed E-state index contributed by atoms with van der Waals surface area (Å²) in [4.78, 5) is 0. The zero-order valence-electron chi connectivity index (χ0n) is 15.2. The van der Waals surface area contributed by atoms with E-state index in [0.29, 0.717) is 0 Å². The quantitative estimate of drug-likeness (QED) is 0.362. The predicted molar refractivity (Wildman–Crippen MR) is 118 cm³/mol. The molecule has 2 aromatic rings. The van der Waals surface area contributed by atoms with Gasteiger partial charge in [-0.2, -0.15) is 0 Å². The van der Waals surface area contributed by atoms with Crippen molar-refractivity contribution in [3.63, 3.8) is 0 Å². The van der Waals surface area contributed by atoms with Crippen LogP contribution in [0, 0.1) is 0 Å². The summed E-state index contributed by atoms with van der Waals surface area (Å²) in [5.41, 5.74) is 22.3. The van der Waals surface area contributed by atoms with Crippen molar-refractivity contribution in [2.45, 2.75) is 56.6 Å². The molecule has 2 aromatic carbocycles. The van der Waals surface area contributed by atoms with Crippen molar-refractivity contribution in [1.82, 2.24) is 0 Å². The van der Waals surface area contributed by atoms with E-state index in [1.807, 2.05) is 12.1 Å². The number of halogens is 2. The summed E-state index contributed by atoms with van der Waals surface area (Å²) in [7, 11) is 0. The zero-order valence-corrected chi connectivity index (χ0v) is 18.3. The van der Waals surface area contributed by atoms with Crippen molar-refractivity contribution in [1.29, 1.82) is 0 Å². The van der Waals surface area contributed by atoms with Gasteiger partial charge in [-0.1, -0.05) is 70.7 Å². The predicted octanol–water partition coefficient (Wildman–Crippen LogP) is 6.14. The third kappa shape index (κ3) is 4.59. The average Bonchev–Trinajstić information content (AvgIpc) is 2.60. The van der Waals surface area contributed by atoms with E-state index >= 15 is 0 Å². The number of hydrogen-bond acceptors (Lipinski definition) is 2. The highest BCUT2D eigenvalue weighted by molar-refractivity contribution is 9.08. The first-order valence-electron chi connectivity index (χ1n) is 8.97. The number of benzene rings is 2. The van der Waals surface area contributed by atoms with Crippen molar-refractivity contribution in [2.24, 2.45) is 0 Å². The largest absolute Gasteiger partial charge is 0.398 e. The Balaban J connectivity index is 2.53. The van der Waals surface area contributed by atoms with Gasteiger partial charge in [0.05, 0.1) is 0 Å². The zero-order chi connectivity index (χ0) is 18.4. The topological polar surface area (TPSA) is 52.0 Å². The first kappa shape index (κ1) is 20.3. The molecule has 0 aliphatic heterocycles. The van der Waals surface area contributed by atoms with Crippen LogP contribution in [0.1, 0.15) is 60.1 Å². The van der Waals surface area contributed by atoms with Crippen LogP contribution in [-0.2, 0) is 29.9 Å². The van der Waals surface area contributed by atoms with Gasteiger partial charge in [0.2, 0.25) is 0 Å². The van der Waals surface area contributed by atoms with Crippen LogP contribution in [0.15, 0.2) is 24.3 Å². The van der Waals surface area contributed by atoms with Crippen LogP contribution < -0.4 is 11.5 Å². The molecule has 2 rings (SSSR count). The third-order valence-electron chi connectivity index (χ3n) is 4.78. The van der Waals surface area contributed by atoms with Gasteiger partial charge in [0.25, 0.3) is 0 Å². The normalized spacial score (nSPS) is 11.0. The fraction of sp³-hybridized carbons (Fsp3) is 0.429. The van der Waals surface area contributed by atoms with Gasteiger partial charge in [-0.15, -0.1) is 0 Å². The van der Waals surface area contributed by atoms with Crippen LogP contribution in [0.4, 0.5) is 11.4 Å². The lowest BCUT2D eigenvalue weighted by Gasteiger charge is -2.19. The molecule has 2 nitrogen and oxygen atoms in total. The van der Waals surface area contributed by atoms with Crippen LogP contribution in [0.2, 0.25) is 0 Å². The number of nitrogen functional groups attached to an aromatic ring is 2. The smallest absolute Gasteiger partial charge is 0.0358 e. The maximum absolute atomic E-state index is 6.21. The second-order valence-electron chi connectivity index (χ2n) is 6.49. The molecular formula is C21H28Br2N2. The summed E-state index contributed by atoms with van der Waals surface area (Å²) >= 11 is 7.24. The number of anilines is 2. The van der Waals surface area contributed by atoms with Gasteiger partial charge < -0.3 is 11.5 Å². The minimum Gasteiger partial charge on any atom is -0.398 e. The van der Waals surface area contributed by atoms with Gasteiger partial charge in [0.1, 0.15) is 0 Å². The molecule has 0 spiro atoms. The van der Waals surface area contributed by atoms with Crippen molar-refractivity contribution >= 4 is 43.2 Å². The summed E-state index contributed by atoms with van der Waals surface area (Å²) < 4.78 is 0. The number of rotatable bonds is 8. The summed E-state index contributed by atoms with van der Waals surface area (Å²) in [5.74, 6) is 0. The molecule has 25 heavy (non-hydrogen) atoms. The highest BCUT2D eigenvalue weighted by Crippen LogP contribution is 2.31. The van der Waals surface area contributed by atoms with E-state index in [4.69, 9.17) is 11.5 Å². The fourth-order valence-corrected chi connectivity index (χ4v) is 4.82. The lowest BCUT2D eigenvalue weighted by molar-refractivity contribution is 0.876. The lowest BCUT2D eigenvalue weighted by atomic mass is 9.88. The summed E-state index contributed by atoms with van der Waals surface area (Å²) in [6.07, 6.45) is 5.29. The molecule has 4 N–H and O–H groups in total. The molecule has 0 saturated heterocycles. The molecule has 0 aliphatic rings. The molecule has 136 valence electrons. The molecule has 0 radical (unpaired) electrons. The maximum atomic E-state index is 6.21. The molecule has 0 unspecified atom stereocenters. The number of alkyl halides is 2. The van der Waals surface area contributed by atoms with Crippen molar-refractivity contribution in [2.75, 3.05) is 11.5 Å². The van der Waals surface area contributed by atoms with E-state index in [1.54, 1.807) is 0 Å². The minimum absolute atomic E-state index is 0.804. The van der Waals surface area contributed by atoms with Gasteiger partial charge in [-0.25, -0.2) is 0 Å². The fourth-order valence-electron chi connectivity index (χ4n) is 3.49. The molecule has 0 fully saturated rings.